The van der Waals surface area contributed by atoms with Crippen molar-refractivity contribution in [1.29, 1.82) is 0 Å². The Kier molecular flexibility index (Phi) is 3.22. The molecule has 1 amide bonds. The van der Waals surface area contributed by atoms with E-state index in [-0.39, 0.29) is 11.6 Å². The topological polar surface area (TPSA) is 68.3 Å². The van der Waals surface area contributed by atoms with E-state index in [1.165, 1.54) is 0 Å². The first-order valence-electron chi connectivity index (χ1n) is 5.28. The number of nitrogens with one attached hydrogen (secondary N) is 1. The Balaban J connectivity index is 1.76. The highest BCUT2D eigenvalue weighted by Crippen LogP contribution is 2.24. The maximum absolute atomic E-state index is 11.8. The predicted octanol–water partition coefficient (Wildman–Crippen LogP) is 4.01. The smallest absolute Gasteiger partial charge is 0.293 e. The third kappa shape index (κ3) is 2.61. The van der Waals surface area contributed by atoms with Crippen LogP contribution in [0.3, 0.4) is 0 Å². The lowest BCUT2D eigenvalue weighted by Gasteiger charge is -1.95. The van der Waals surface area contributed by atoms with Gasteiger partial charge in [-0.3, -0.25) is 10.1 Å². The van der Waals surface area contributed by atoms with E-state index < -0.39 is 5.91 Å². The fourth-order valence-electron chi connectivity index (χ4n) is 1.49. The van der Waals surface area contributed by atoms with E-state index in [4.69, 9.17) is 8.94 Å². The molecule has 0 aliphatic heterocycles. The molecule has 3 heterocycles. The van der Waals surface area contributed by atoms with Crippen LogP contribution in [0.4, 0.5) is 5.88 Å². The van der Waals surface area contributed by atoms with Crippen molar-refractivity contribution in [3.05, 3.63) is 45.5 Å². The summed E-state index contributed by atoms with van der Waals surface area (Å²) in [6.45, 7) is 0. The van der Waals surface area contributed by atoms with Gasteiger partial charge in [0.05, 0.1) is 0 Å². The molecule has 0 spiro atoms. The lowest BCUT2D eigenvalue weighted by molar-refractivity contribution is 0.0992. The monoisotopic (exact) mass is 338 g/mol. The Labute approximate surface area is 120 Å². The quantitative estimate of drug-likeness (QED) is 0.783. The average Bonchev–Trinajstić information content (AvgIpc) is 3.07. The Morgan fingerprint density at radius 3 is 2.95 bits per heavy atom. The van der Waals surface area contributed by atoms with E-state index in [0.29, 0.717) is 10.4 Å². The molecule has 0 radical (unpaired) electrons. The molecular formula is C12H7BrN2O3S. The maximum atomic E-state index is 11.8. The number of anilines is 1. The van der Waals surface area contributed by atoms with E-state index in [1.54, 1.807) is 29.5 Å². The molecule has 5 nitrogen and oxygen atoms in total. The number of hydrogen-bond acceptors (Lipinski definition) is 5. The number of carbonyl (C=O) groups is 1. The lowest BCUT2D eigenvalue weighted by atomic mass is 10.2. The highest BCUT2D eigenvalue weighted by atomic mass is 79.9. The summed E-state index contributed by atoms with van der Waals surface area (Å²) in [6, 6.07) is 6.80. The van der Waals surface area contributed by atoms with Crippen LogP contribution in [0.1, 0.15) is 10.6 Å². The van der Waals surface area contributed by atoms with Gasteiger partial charge < -0.3 is 8.94 Å². The van der Waals surface area contributed by atoms with E-state index in [0.717, 1.165) is 5.56 Å². The van der Waals surface area contributed by atoms with Gasteiger partial charge in [-0.2, -0.15) is 11.3 Å². The Morgan fingerprint density at radius 2 is 2.26 bits per heavy atom. The fraction of sp³-hybridized carbons (Fsp3) is 0. The van der Waals surface area contributed by atoms with E-state index in [9.17, 15) is 4.79 Å². The summed E-state index contributed by atoms with van der Waals surface area (Å²) >= 11 is 4.70. The zero-order chi connectivity index (χ0) is 13.2. The minimum atomic E-state index is -0.390. The van der Waals surface area contributed by atoms with Crippen LogP contribution in [0.15, 0.2) is 48.6 Å². The van der Waals surface area contributed by atoms with Crippen molar-refractivity contribution in [2.45, 2.75) is 0 Å². The van der Waals surface area contributed by atoms with Crippen molar-refractivity contribution in [2.75, 3.05) is 5.32 Å². The molecule has 0 bridgehead atoms. The minimum Gasteiger partial charge on any atom is -0.444 e. The Bertz CT molecular complexity index is 702. The molecular weight excluding hydrogens is 332 g/mol. The molecule has 7 heteroatoms. The summed E-state index contributed by atoms with van der Waals surface area (Å²) in [5, 5.41) is 10.4. The highest BCUT2D eigenvalue weighted by molar-refractivity contribution is 9.10. The molecule has 1 N–H and O–H groups in total. The molecule has 0 aliphatic carbocycles. The Morgan fingerprint density at radius 1 is 1.37 bits per heavy atom. The molecule has 0 fully saturated rings. The van der Waals surface area contributed by atoms with Gasteiger partial charge in [-0.1, -0.05) is 5.16 Å². The first-order valence-corrected chi connectivity index (χ1v) is 7.02. The van der Waals surface area contributed by atoms with E-state index >= 15 is 0 Å². The molecule has 0 saturated carbocycles. The van der Waals surface area contributed by atoms with E-state index in [2.05, 4.69) is 26.4 Å². The van der Waals surface area contributed by atoms with Crippen LogP contribution in [-0.4, -0.2) is 11.1 Å². The Hall–Kier alpha value is -1.86. The molecule has 0 unspecified atom stereocenters. The fourth-order valence-corrected chi connectivity index (χ4v) is 2.45. The van der Waals surface area contributed by atoms with Gasteiger partial charge in [-0.15, -0.1) is 0 Å². The van der Waals surface area contributed by atoms with Gasteiger partial charge in [0.1, 0.15) is 5.69 Å². The van der Waals surface area contributed by atoms with Crippen molar-refractivity contribution in [2.24, 2.45) is 0 Å². The number of rotatable bonds is 3. The summed E-state index contributed by atoms with van der Waals surface area (Å²) in [7, 11) is 0. The van der Waals surface area contributed by atoms with Crippen LogP contribution in [0.5, 0.6) is 0 Å². The van der Waals surface area contributed by atoms with Crippen LogP contribution < -0.4 is 5.32 Å². The minimum absolute atomic E-state index is 0.195. The molecule has 3 aromatic heterocycles. The van der Waals surface area contributed by atoms with Crippen molar-refractivity contribution >= 4 is 39.1 Å². The van der Waals surface area contributed by atoms with Gasteiger partial charge in [0, 0.05) is 17.0 Å². The van der Waals surface area contributed by atoms with Crippen LogP contribution in [0.25, 0.3) is 11.3 Å². The molecule has 96 valence electrons. The molecule has 0 saturated heterocycles. The number of thiophene rings is 1. The van der Waals surface area contributed by atoms with Gasteiger partial charge in [0.25, 0.3) is 5.91 Å². The van der Waals surface area contributed by atoms with Gasteiger partial charge in [-0.05, 0) is 39.5 Å². The van der Waals surface area contributed by atoms with Gasteiger partial charge in [0.15, 0.2) is 10.4 Å². The summed E-state index contributed by atoms with van der Waals surface area (Å²) in [5.74, 6) is 0.0813. The van der Waals surface area contributed by atoms with Gasteiger partial charge >= 0.3 is 0 Å². The maximum Gasteiger partial charge on any atom is 0.293 e. The summed E-state index contributed by atoms with van der Waals surface area (Å²) in [6.07, 6.45) is 0. The molecule has 0 aliphatic rings. The summed E-state index contributed by atoms with van der Waals surface area (Å²) < 4.78 is 10.7. The van der Waals surface area contributed by atoms with Crippen LogP contribution >= 0.6 is 27.3 Å². The van der Waals surface area contributed by atoms with Crippen LogP contribution in [0.2, 0.25) is 0 Å². The second kappa shape index (κ2) is 5.02. The predicted molar refractivity (Wildman–Crippen MR) is 74.2 cm³/mol. The van der Waals surface area contributed by atoms with Gasteiger partial charge in [0.2, 0.25) is 5.88 Å². The van der Waals surface area contributed by atoms with Crippen molar-refractivity contribution < 1.29 is 13.7 Å². The summed E-state index contributed by atoms with van der Waals surface area (Å²) in [4.78, 5) is 11.8. The number of amides is 1. The zero-order valence-corrected chi connectivity index (χ0v) is 11.8. The molecule has 0 aromatic carbocycles. The standard InChI is InChI=1S/C12H7BrN2O3S/c13-10-2-1-9(17-10)12(16)14-11-5-8(15-18-11)7-3-4-19-6-7/h1-6H,(H,14,16). The zero-order valence-electron chi connectivity index (χ0n) is 9.42. The average molecular weight is 339 g/mol. The SMILES string of the molecule is O=C(Nc1cc(-c2ccsc2)no1)c1ccc(Br)o1. The molecule has 3 rings (SSSR count). The normalized spacial score (nSPS) is 10.6. The van der Waals surface area contributed by atoms with Gasteiger partial charge in [-0.25, -0.2) is 0 Å². The van der Waals surface area contributed by atoms with Crippen LogP contribution in [0, 0.1) is 0 Å². The third-order valence-electron chi connectivity index (χ3n) is 2.36. The first kappa shape index (κ1) is 12.2. The molecule has 0 atom stereocenters. The first-order chi connectivity index (χ1) is 9.22. The number of halogens is 1. The number of hydrogen-bond donors (Lipinski definition) is 1. The lowest BCUT2D eigenvalue weighted by Crippen LogP contribution is -2.09. The highest BCUT2D eigenvalue weighted by Gasteiger charge is 2.14. The van der Waals surface area contributed by atoms with Crippen molar-refractivity contribution in [3.8, 4) is 11.3 Å². The second-order valence-corrected chi connectivity index (χ2v) is 5.21. The number of nitrogens with zero attached hydrogens (tertiary/aromatic N) is 1. The van der Waals surface area contributed by atoms with Crippen LogP contribution in [-0.2, 0) is 0 Å². The number of carbonyl (C=O) groups excluding carboxylic acids is 1. The van der Waals surface area contributed by atoms with Crippen molar-refractivity contribution in [1.82, 2.24) is 5.16 Å². The number of aromatic nitrogens is 1. The number of furan rings is 1. The third-order valence-corrected chi connectivity index (χ3v) is 3.47. The molecule has 19 heavy (non-hydrogen) atoms. The van der Waals surface area contributed by atoms with E-state index in [1.807, 2.05) is 16.8 Å². The molecule has 3 aromatic rings. The van der Waals surface area contributed by atoms with Crippen molar-refractivity contribution in [3.63, 3.8) is 0 Å². The summed E-state index contributed by atoms with van der Waals surface area (Å²) in [5.41, 5.74) is 1.63. The second-order valence-electron chi connectivity index (χ2n) is 3.65. The largest absolute Gasteiger partial charge is 0.444 e.